The van der Waals surface area contributed by atoms with Crippen molar-refractivity contribution in [2.24, 2.45) is 5.73 Å². The van der Waals surface area contributed by atoms with Crippen molar-refractivity contribution >= 4 is 9.84 Å². The minimum Gasteiger partial charge on any atom is -0.325 e. The van der Waals surface area contributed by atoms with Crippen molar-refractivity contribution in [3.8, 4) is 0 Å². The number of halogens is 5. The van der Waals surface area contributed by atoms with Crippen molar-refractivity contribution in [1.82, 2.24) is 0 Å². The zero-order chi connectivity index (χ0) is 14.2. The summed E-state index contributed by atoms with van der Waals surface area (Å²) >= 11 is 0. The zero-order valence-corrected chi connectivity index (χ0v) is 9.52. The summed E-state index contributed by atoms with van der Waals surface area (Å²) in [6.45, 7) is -1.14. The molecule has 0 heterocycles. The maximum atomic E-state index is 13.1. The van der Waals surface area contributed by atoms with Gasteiger partial charge in [0.25, 0.3) is 15.8 Å². The second kappa shape index (κ2) is 4.47. The number of benzene rings is 1. The molecule has 0 saturated heterocycles. The number of sulfone groups is 1. The smallest absolute Gasteiger partial charge is 0.325 e. The van der Waals surface area contributed by atoms with Crippen molar-refractivity contribution in [1.29, 1.82) is 0 Å². The Morgan fingerprint density at radius 2 is 1.67 bits per heavy atom. The number of alkyl halides is 5. The Labute approximate surface area is 99.3 Å². The van der Waals surface area contributed by atoms with Crippen LogP contribution in [-0.2, 0) is 15.8 Å². The first-order valence-electron chi connectivity index (χ1n) is 4.52. The Balaban J connectivity index is 3.36. The molecule has 0 aromatic heterocycles. The van der Waals surface area contributed by atoms with E-state index in [4.69, 9.17) is 5.73 Å². The number of rotatable bonds is 3. The summed E-state index contributed by atoms with van der Waals surface area (Å²) in [5, 5.41) is 0. The van der Waals surface area contributed by atoms with Gasteiger partial charge in [0.05, 0.1) is 11.4 Å². The molecule has 9 heteroatoms. The highest BCUT2D eigenvalue weighted by atomic mass is 32.2. The molecular weight excluding hydrogens is 281 g/mol. The first kappa shape index (κ1) is 14.8. The average Bonchev–Trinajstić information content (AvgIpc) is 2.27. The Kier molecular flexibility index (Phi) is 3.68. The molecule has 0 amide bonds. The summed E-state index contributed by atoms with van der Waals surface area (Å²) < 4.78 is 85.0. The second-order valence-corrected chi connectivity index (χ2v) is 5.33. The van der Waals surface area contributed by atoms with Crippen LogP contribution in [0.1, 0.15) is 5.56 Å². The first-order chi connectivity index (χ1) is 8.02. The fourth-order valence-electron chi connectivity index (χ4n) is 1.14. The molecule has 0 atom stereocenters. The molecule has 18 heavy (non-hydrogen) atoms. The summed E-state index contributed by atoms with van der Waals surface area (Å²) in [5.41, 5.74) is -1.66. The highest BCUT2D eigenvalue weighted by Crippen LogP contribution is 2.33. The third-order valence-corrected chi connectivity index (χ3v) is 3.61. The van der Waals surface area contributed by atoms with E-state index in [1.165, 1.54) is 0 Å². The van der Waals surface area contributed by atoms with Gasteiger partial charge in [-0.15, -0.1) is 0 Å². The Morgan fingerprint density at radius 3 is 2.11 bits per heavy atom. The molecule has 1 rings (SSSR count). The van der Waals surface area contributed by atoms with Crippen LogP contribution in [0.2, 0.25) is 0 Å². The summed E-state index contributed by atoms with van der Waals surface area (Å²) in [6.07, 6.45) is 0. The van der Waals surface area contributed by atoms with E-state index >= 15 is 0 Å². The lowest BCUT2D eigenvalue weighted by molar-refractivity contribution is -0.0436. The number of hydrogen-bond donors (Lipinski definition) is 1. The highest BCUT2D eigenvalue weighted by molar-refractivity contribution is 7.92. The number of hydrogen-bond acceptors (Lipinski definition) is 3. The van der Waals surface area contributed by atoms with Crippen molar-refractivity contribution in [3.05, 3.63) is 29.8 Å². The van der Waals surface area contributed by atoms with Gasteiger partial charge in [0.2, 0.25) is 0 Å². The first-order valence-corrected chi connectivity index (χ1v) is 6.00. The standard InChI is InChI=1S/C9H8F5NO2S/c10-8(11,5-15)6-2-1-3-7(4-6)18(16,17)9(12,13)14/h1-4H,5,15H2. The van der Waals surface area contributed by atoms with Crippen LogP contribution in [0.25, 0.3) is 0 Å². The van der Waals surface area contributed by atoms with Crippen LogP contribution in [0.3, 0.4) is 0 Å². The van der Waals surface area contributed by atoms with Gasteiger partial charge in [-0.25, -0.2) is 8.42 Å². The number of nitrogens with two attached hydrogens (primary N) is 1. The van der Waals surface area contributed by atoms with Gasteiger partial charge >= 0.3 is 5.51 Å². The largest absolute Gasteiger partial charge is 0.501 e. The lowest BCUT2D eigenvalue weighted by Crippen LogP contribution is -2.27. The van der Waals surface area contributed by atoms with Crippen molar-refractivity contribution < 1.29 is 30.4 Å². The molecule has 2 N–H and O–H groups in total. The lowest BCUT2D eigenvalue weighted by atomic mass is 10.1. The quantitative estimate of drug-likeness (QED) is 0.866. The van der Waals surface area contributed by atoms with E-state index in [1.54, 1.807) is 0 Å². The maximum absolute atomic E-state index is 13.1. The van der Waals surface area contributed by atoms with Crippen LogP contribution < -0.4 is 5.73 Å². The molecule has 0 aliphatic carbocycles. The molecule has 0 bridgehead atoms. The summed E-state index contributed by atoms with van der Waals surface area (Å²) in [4.78, 5) is -1.24. The molecule has 0 fully saturated rings. The predicted octanol–water partition coefficient (Wildman–Crippen LogP) is 2.03. The topological polar surface area (TPSA) is 60.2 Å². The highest BCUT2D eigenvalue weighted by Gasteiger charge is 2.47. The summed E-state index contributed by atoms with van der Waals surface area (Å²) in [5.74, 6) is -3.59. The summed E-state index contributed by atoms with van der Waals surface area (Å²) in [6, 6.07) is 2.48. The Hall–Kier alpha value is -1.22. The van der Waals surface area contributed by atoms with E-state index in [-0.39, 0.29) is 6.07 Å². The van der Waals surface area contributed by atoms with Gasteiger partial charge in [0.1, 0.15) is 0 Å². The van der Waals surface area contributed by atoms with Crippen LogP contribution in [0.4, 0.5) is 22.0 Å². The minimum absolute atomic E-state index is 0.273. The van der Waals surface area contributed by atoms with Gasteiger partial charge in [-0.3, -0.25) is 0 Å². The van der Waals surface area contributed by atoms with Crippen molar-refractivity contribution in [3.63, 3.8) is 0 Å². The van der Waals surface area contributed by atoms with Gasteiger partial charge < -0.3 is 5.73 Å². The van der Waals surface area contributed by atoms with E-state index in [0.717, 1.165) is 12.1 Å². The summed E-state index contributed by atoms with van der Waals surface area (Å²) in [7, 11) is -5.64. The Morgan fingerprint density at radius 1 is 1.11 bits per heavy atom. The zero-order valence-electron chi connectivity index (χ0n) is 8.71. The van der Waals surface area contributed by atoms with Crippen molar-refractivity contribution in [2.75, 3.05) is 6.54 Å². The molecule has 102 valence electrons. The SMILES string of the molecule is NCC(F)(F)c1cccc(S(=O)(=O)C(F)(F)F)c1. The molecule has 0 saturated carbocycles. The van der Waals surface area contributed by atoms with E-state index in [2.05, 4.69) is 0 Å². The minimum atomic E-state index is -5.64. The van der Waals surface area contributed by atoms with Gasteiger partial charge in [-0.1, -0.05) is 12.1 Å². The molecule has 0 spiro atoms. The molecule has 1 aromatic rings. The molecule has 0 radical (unpaired) electrons. The van der Waals surface area contributed by atoms with E-state index in [0.29, 0.717) is 6.07 Å². The third-order valence-electron chi connectivity index (χ3n) is 2.13. The fraction of sp³-hybridized carbons (Fsp3) is 0.333. The predicted molar refractivity (Wildman–Crippen MR) is 52.6 cm³/mol. The van der Waals surface area contributed by atoms with E-state index in [1.807, 2.05) is 0 Å². The van der Waals surface area contributed by atoms with Gasteiger partial charge in [0.15, 0.2) is 0 Å². The average molecular weight is 289 g/mol. The normalized spacial score (nSPS) is 13.7. The monoisotopic (exact) mass is 289 g/mol. The van der Waals surface area contributed by atoms with E-state index < -0.39 is 38.3 Å². The van der Waals surface area contributed by atoms with Crippen LogP contribution in [0.5, 0.6) is 0 Å². The second-order valence-electron chi connectivity index (χ2n) is 3.39. The maximum Gasteiger partial charge on any atom is 0.501 e. The van der Waals surface area contributed by atoms with Crippen molar-refractivity contribution in [2.45, 2.75) is 16.3 Å². The van der Waals surface area contributed by atoms with Crippen LogP contribution in [0.15, 0.2) is 29.2 Å². The lowest BCUT2D eigenvalue weighted by Gasteiger charge is -2.15. The van der Waals surface area contributed by atoms with Crippen LogP contribution in [0, 0.1) is 0 Å². The van der Waals surface area contributed by atoms with E-state index in [9.17, 15) is 30.4 Å². The van der Waals surface area contributed by atoms with Crippen LogP contribution in [-0.4, -0.2) is 20.5 Å². The van der Waals surface area contributed by atoms with Gasteiger partial charge in [0, 0.05) is 5.56 Å². The molecular formula is C9H8F5NO2S. The van der Waals surface area contributed by atoms with Crippen LogP contribution >= 0.6 is 0 Å². The molecule has 0 aliphatic rings. The third kappa shape index (κ3) is 2.61. The molecule has 0 unspecified atom stereocenters. The van der Waals surface area contributed by atoms with Gasteiger partial charge in [-0.2, -0.15) is 22.0 Å². The molecule has 0 aliphatic heterocycles. The molecule has 1 aromatic carbocycles. The Bertz CT molecular complexity index is 538. The fourth-order valence-corrected chi connectivity index (χ4v) is 1.95. The van der Waals surface area contributed by atoms with Gasteiger partial charge in [-0.05, 0) is 12.1 Å². The molecule has 3 nitrogen and oxygen atoms in total.